The maximum atomic E-state index is 12.5. The molecule has 0 saturated carbocycles. The molecule has 0 aromatic carbocycles. The summed E-state index contributed by atoms with van der Waals surface area (Å²) in [5.41, 5.74) is 4.82. The zero-order valence-corrected chi connectivity index (χ0v) is 14.8. The van der Waals surface area contributed by atoms with E-state index in [1.807, 2.05) is 30.2 Å². The summed E-state index contributed by atoms with van der Waals surface area (Å²) in [6, 6.07) is 0. The molecule has 0 saturated heterocycles. The predicted octanol–water partition coefficient (Wildman–Crippen LogP) is 1.76. The second-order valence-electron chi connectivity index (χ2n) is 7.05. The normalized spacial score (nSPS) is 16.7. The molecule has 2 unspecified atom stereocenters. The molecule has 7 heteroatoms. The van der Waals surface area contributed by atoms with E-state index < -0.39 is 21.6 Å². The molecule has 0 fully saturated rings. The molecule has 0 spiro atoms. The minimum absolute atomic E-state index is 0.0834. The summed E-state index contributed by atoms with van der Waals surface area (Å²) in [4.78, 5) is 17.6. The van der Waals surface area contributed by atoms with Crippen LogP contribution in [0.1, 0.15) is 60.8 Å². The third-order valence-corrected chi connectivity index (χ3v) is 4.52. The Labute approximate surface area is 125 Å². The van der Waals surface area contributed by atoms with Gasteiger partial charge in [0.1, 0.15) is 5.54 Å². The lowest BCUT2D eigenvalue weighted by Crippen LogP contribution is -2.65. The number of hydrogen-bond acceptors (Lipinski definition) is 5. The number of carbonyl (C=O) groups is 1. The van der Waals surface area contributed by atoms with E-state index >= 15 is 0 Å². The van der Waals surface area contributed by atoms with Gasteiger partial charge in [0.05, 0.1) is 0 Å². The Morgan fingerprint density at radius 2 is 1.60 bits per heavy atom. The van der Waals surface area contributed by atoms with Gasteiger partial charge in [0, 0.05) is 4.63 Å². The van der Waals surface area contributed by atoms with Gasteiger partial charge in [-0.1, -0.05) is 48.0 Å². The molecule has 2 atom stereocenters. The van der Waals surface area contributed by atoms with Crippen LogP contribution in [0.15, 0.2) is 0 Å². The van der Waals surface area contributed by atoms with E-state index in [4.69, 9.17) is 22.3 Å². The van der Waals surface area contributed by atoms with Crippen LogP contribution in [0.2, 0.25) is 0 Å². The topological polar surface area (TPSA) is 104 Å². The van der Waals surface area contributed by atoms with Gasteiger partial charge < -0.3 is 5.73 Å². The summed E-state index contributed by atoms with van der Waals surface area (Å²) in [6.45, 7) is 12.2. The summed E-state index contributed by atoms with van der Waals surface area (Å²) in [6.07, 6.45) is 2.15. The molecule has 0 rings (SSSR count). The molecule has 0 radical (unpaired) electrons. The number of rotatable bonds is 7. The van der Waals surface area contributed by atoms with Crippen molar-refractivity contribution in [2.45, 2.75) is 66.3 Å². The summed E-state index contributed by atoms with van der Waals surface area (Å²) < 4.78 is -0.954. The molecule has 6 nitrogen and oxygen atoms in total. The average molecular weight is 307 g/mol. The maximum Gasteiger partial charge on any atom is 0.392 e. The predicted molar refractivity (Wildman–Crippen MR) is 84.1 cm³/mol. The van der Waals surface area contributed by atoms with Crippen LogP contribution in [0.25, 0.3) is 0 Å². The Kier molecular flexibility index (Phi) is 6.16. The Morgan fingerprint density at radius 1 is 1.15 bits per heavy atom. The second-order valence-corrected chi connectivity index (χ2v) is 7.85. The first-order valence-corrected chi connectivity index (χ1v) is 7.50. The minimum Gasteiger partial charge on any atom is -0.315 e. The second kappa shape index (κ2) is 6.24. The van der Waals surface area contributed by atoms with Crippen LogP contribution in [0.5, 0.6) is 0 Å². The van der Waals surface area contributed by atoms with Gasteiger partial charge >= 0.3 is 5.97 Å². The standard InChI is InChI=1S/C13H32N4O2P/c1-7-11(3,4)9-13(14,12(5,6)8-2)10(18)19-17(15,16)20/h7-9,14-16,20H2,1-6H3/q+1. The van der Waals surface area contributed by atoms with E-state index in [-0.39, 0.29) is 5.41 Å². The smallest absolute Gasteiger partial charge is 0.315 e. The lowest BCUT2D eigenvalue weighted by molar-refractivity contribution is -1.00. The molecule has 0 aromatic heterocycles. The van der Waals surface area contributed by atoms with Crippen molar-refractivity contribution in [3.63, 3.8) is 0 Å². The van der Waals surface area contributed by atoms with Crippen molar-refractivity contribution in [1.29, 1.82) is 0 Å². The number of nitrogens with two attached hydrogens (primary N) is 3. The van der Waals surface area contributed by atoms with Crippen LogP contribution < -0.4 is 17.4 Å². The molecular weight excluding hydrogens is 275 g/mol. The van der Waals surface area contributed by atoms with Crippen molar-refractivity contribution in [2.75, 3.05) is 0 Å². The van der Waals surface area contributed by atoms with E-state index in [9.17, 15) is 4.79 Å². The highest BCUT2D eigenvalue weighted by Crippen LogP contribution is 2.42. The third kappa shape index (κ3) is 4.93. The Morgan fingerprint density at radius 3 is 1.90 bits per heavy atom. The zero-order valence-electron chi connectivity index (χ0n) is 13.7. The van der Waals surface area contributed by atoms with Crippen LogP contribution >= 0.6 is 9.39 Å². The van der Waals surface area contributed by atoms with Crippen LogP contribution in [-0.4, -0.2) is 16.1 Å². The van der Waals surface area contributed by atoms with Gasteiger partial charge in [0.15, 0.2) is 9.39 Å². The first kappa shape index (κ1) is 19.7. The van der Waals surface area contributed by atoms with Crippen LogP contribution in [0.3, 0.4) is 0 Å². The SMILES string of the molecule is CCC(C)(C)CC(N)(C(=O)O[N+](N)(N)P)C(C)(C)CC. The lowest BCUT2D eigenvalue weighted by Gasteiger charge is -2.45. The van der Waals surface area contributed by atoms with Gasteiger partial charge in [0.2, 0.25) is 0 Å². The largest absolute Gasteiger partial charge is 0.392 e. The van der Waals surface area contributed by atoms with E-state index in [1.54, 1.807) is 0 Å². The lowest BCUT2D eigenvalue weighted by atomic mass is 9.63. The molecule has 0 heterocycles. The number of quaternary nitrogens is 1. The van der Waals surface area contributed by atoms with E-state index in [0.717, 1.165) is 12.8 Å². The summed E-state index contributed by atoms with van der Waals surface area (Å²) in [5, 5.41) is 0. The molecule has 0 bridgehead atoms. The van der Waals surface area contributed by atoms with Gasteiger partial charge in [-0.3, -0.25) is 0 Å². The summed E-state index contributed by atoms with van der Waals surface area (Å²) >= 11 is 0. The molecule has 0 aliphatic carbocycles. The monoisotopic (exact) mass is 307 g/mol. The minimum atomic E-state index is -1.15. The van der Waals surface area contributed by atoms with Crippen LogP contribution in [-0.2, 0) is 9.63 Å². The Hall–Kier alpha value is -0.260. The first-order valence-electron chi connectivity index (χ1n) is 6.98. The molecule has 0 aliphatic heterocycles. The van der Waals surface area contributed by atoms with Crippen LogP contribution in [0, 0.1) is 10.8 Å². The van der Waals surface area contributed by atoms with Crippen LogP contribution in [0.4, 0.5) is 0 Å². The summed E-state index contributed by atoms with van der Waals surface area (Å²) in [7, 11) is 2.03. The molecule has 0 aromatic rings. The van der Waals surface area contributed by atoms with Crippen molar-refractivity contribution >= 4 is 15.4 Å². The number of hydrogen-bond donors (Lipinski definition) is 3. The Bertz CT molecular complexity index is 353. The van der Waals surface area contributed by atoms with Crippen molar-refractivity contribution < 1.29 is 14.3 Å². The quantitative estimate of drug-likeness (QED) is 0.378. The Balaban J connectivity index is 5.55. The highest BCUT2D eigenvalue weighted by atomic mass is 31.0. The van der Waals surface area contributed by atoms with Gasteiger partial charge in [-0.25, -0.2) is 9.63 Å². The summed E-state index contributed by atoms with van der Waals surface area (Å²) in [5.74, 6) is 10.4. The molecule has 0 aliphatic rings. The molecule has 0 amide bonds. The van der Waals surface area contributed by atoms with Gasteiger partial charge in [-0.2, -0.15) is 0 Å². The van der Waals surface area contributed by atoms with E-state index in [2.05, 4.69) is 20.8 Å². The fourth-order valence-electron chi connectivity index (χ4n) is 2.01. The highest BCUT2D eigenvalue weighted by molar-refractivity contribution is 7.08. The van der Waals surface area contributed by atoms with E-state index in [1.165, 1.54) is 0 Å². The van der Waals surface area contributed by atoms with Crippen molar-refractivity contribution in [3.05, 3.63) is 0 Å². The fourth-order valence-corrected chi connectivity index (χ4v) is 2.10. The molecule has 120 valence electrons. The number of carbonyl (C=O) groups excluding carboxylic acids is 1. The van der Waals surface area contributed by atoms with Gasteiger partial charge in [0.25, 0.3) is 0 Å². The highest BCUT2D eigenvalue weighted by Gasteiger charge is 2.53. The van der Waals surface area contributed by atoms with Crippen molar-refractivity contribution in [3.8, 4) is 0 Å². The number of nitrogens with zero attached hydrogens (tertiary/aromatic N) is 1. The zero-order chi connectivity index (χ0) is 16.4. The van der Waals surface area contributed by atoms with Crippen molar-refractivity contribution in [2.24, 2.45) is 28.2 Å². The van der Waals surface area contributed by atoms with Gasteiger partial charge in [-0.15, -0.1) is 11.7 Å². The fraction of sp³-hybridized carbons (Fsp3) is 0.923. The van der Waals surface area contributed by atoms with Gasteiger partial charge in [-0.05, 0) is 23.7 Å². The maximum absolute atomic E-state index is 12.5. The first-order chi connectivity index (χ1) is 8.71. The molecule has 20 heavy (non-hydrogen) atoms. The molecule has 6 N–H and O–H groups in total. The average Bonchev–Trinajstić information content (AvgIpc) is 2.25. The third-order valence-electron chi connectivity index (χ3n) is 4.41. The van der Waals surface area contributed by atoms with E-state index in [0.29, 0.717) is 6.42 Å². The molecular formula is C13H32N4O2P+. The van der Waals surface area contributed by atoms with Crippen molar-refractivity contribution in [1.82, 2.24) is 0 Å².